The first-order valence-electron chi connectivity index (χ1n) is 7.57. The first-order valence-corrected chi connectivity index (χ1v) is 8.39. The van der Waals surface area contributed by atoms with Gasteiger partial charge in [0, 0.05) is 13.1 Å². The van der Waals surface area contributed by atoms with Gasteiger partial charge in [0.25, 0.3) is 5.91 Å². The summed E-state index contributed by atoms with van der Waals surface area (Å²) in [5.74, 6) is -1.70. The van der Waals surface area contributed by atoms with E-state index in [0.717, 1.165) is 28.2 Å². The Hall–Kier alpha value is -2.21. The van der Waals surface area contributed by atoms with Crippen molar-refractivity contribution in [2.24, 2.45) is 0 Å². The Kier molecular flexibility index (Phi) is 4.17. The van der Waals surface area contributed by atoms with Crippen molar-refractivity contribution >= 4 is 23.2 Å². The molecule has 0 bridgehead atoms. The lowest BCUT2D eigenvalue weighted by atomic mass is 9.89. The maximum absolute atomic E-state index is 12.8. The summed E-state index contributed by atoms with van der Waals surface area (Å²) in [7, 11) is 0. The van der Waals surface area contributed by atoms with Crippen molar-refractivity contribution in [3.63, 3.8) is 0 Å². The zero-order valence-electron chi connectivity index (χ0n) is 13.1. The van der Waals surface area contributed by atoms with Crippen molar-refractivity contribution in [1.82, 2.24) is 9.88 Å². The Labute approximate surface area is 138 Å². The molecule has 0 fully saturated rings. The van der Waals surface area contributed by atoms with E-state index in [0.29, 0.717) is 11.4 Å². The number of aromatic nitrogens is 1. The highest BCUT2D eigenvalue weighted by Gasteiger charge is 2.33. The lowest BCUT2D eigenvalue weighted by Crippen LogP contribution is -2.40. The first-order chi connectivity index (χ1) is 11.0. The third-order valence-corrected chi connectivity index (χ3v) is 5.41. The smallest absolute Gasteiger partial charge is 0.312 e. The topological polar surface area (TPSA) is 70.5 Å². The van der Waals surface area contributed by atoms with Gasteiger partial charge in [0.15, 0.2) is 0 Å². The van der Waals surface area contributed by atoms with E-state index in [9.17, 15) is 14.7 Å². The Balaban J connectivity index is 1.93. The molecule has 5 nitrogen and oxygen atoms in total. The Bertz CT molecular complexity index is 769. The van der Waals surface area contributed by atoms with Gasteiger partial charge in [-0.1, -0.05) is 31.2 Å². The van der Waals surface area contributed by atoms with Gasteiger partial charge in [-0.2, -0.15) is 0 Å². The van der Waals surface area contributed by atoms with Gasteiger partial charge in [-0.3, -0.25) is 9.59 Å². The highest BCUT2D eigenvalue weighted by molar-refractivity contribution is 7.13. The summed E-state index contributed by atoms with van der Waals surface area (Å²) in [5, 5.41) is 10.4. The van der Waals surface area contributed by atoms with Crippen molar-refractivity contribution in [1.29, 1.82) is 0 Å². The van der Waals surface area contributed by atoms with Gasteiger partial charge < -0.3 is 10.0 Å². The third kappa shape index (κ3) is 2.86. The van der Waals surface area contributed by atoms with Gasteiger partial charge in [0.05, 0.1) is 16.6 Å². The quantitative estimate of drug-likeness (QED) is 0.939. The highest BCUT2D eigenvalue weighted by atomic mass is 32.1. The molecule has 6 heteroatoms. The maximum Gasteiger partial charge on any atom is 0.312 e. The zero-order valence-corrected chi connectivity index (χ0v) is 13.9. The van der Waals surface area contributed by atoms with Crippen LogP contribution in [0.5, 0.6) is 0 Å². The molecule has 0 aliphatic carbocycles. The zero-order chi connectivity index (χ0) is 16.6. The fourth-order valence-electron chi connectivity index (χ4n) is 2.92. The van der Waals surface area contributed by atoms with E-state index in [-0.39, 0.29) is 12.5 Å². The number of aryl methyl sites for hydroxylation is 2. The number of carboxylic acid groups (broad SMARTS) is 1. The fraction of sp³-hybridized carbons (Fsp3) is 0.353. The van der Waals surface area contributed by atoms with Crippen molar-refractivity contribution in [3.05, 3.63) is 51.0 Å². The van der Waals surface area contributed by atoms with E-state index in [1.54, 1.807) is 4.90 Å². The number of thiazole rings is 1. The molecule has 1 unspecified atom stereocenters. The molecule has 1 N–H and O–H groups in total. The molecule has 1 aliphatic heterocycles. The lowest BCUT2D eigenvalue weighted by Gasteiger charge is -2.32. The van der Waals surface area contributed by atoms with Gasteiger partial charge >= 0.3 is 5.97 Å². The Morgan fingerprint density at radius 1 is 1.39 bits per heavy atom. The van der Waals surface area contributed by atoms with Crippen LogP contribution in [0.3, 0.4) is 0 Å². The van der Waals surface area contributed by atoms with Crippen molar-refractivity contribution in [3.8, 4) is 0 Å². The lowest BCUT2D eigenvalue weighted by molar-refractivity contribution is -0.139. The minimum Gasteiger partial charge on any atom is -0.481 e. The predicted octanol–water partition coefficient (Wildman–Crippen LogP) is 2.84. The molecule has 120 valence electrons. The van der Waals surface area contributed by atoms with Crippen LogP contribution in [-0.2, 0) is 17.8 Å². The number of amides is 1. The molecule has 2 heterocycles. The van der Waals surface area contributed by atoms with E-state index in [4.69, 9.17) is 0 Å². The van der Waals surface area contributed by atoms with Crippen molar-refractivity contribution < 1.29 is 14.7 Å². The summed E-state index contributed by atoms with van der Waals surface area (Å²) in [5.41, 5.74) is 2.43. The van der Waals surface area contributed by atoms with Crippen molar-refractivity contribution in [2.45, 2.75) is 32.7 Å². The second-order valence-corrected chi connectivity index (χ2v) is 6.73. The molecule has 3 rings (SSSR count). The Morgan fingerprint density at radius 2 is 2.13 bits per heavy atom. The molecule has 0 radical (unpaired) electrons. The number of rotatable bonds is 3. The number of benzene rings is 1. The van der Waals surface area contributed by atoms with Crippen LogP contribution in [0.4, 0.5) is 0 Å². The molecular formula is C17H18N2O3S. The second kappa shape index (κ2) is 6.12. The van der Waals surface area contributed by atoms with Crippen LogP contribution in [0.15, 0.2) is 24.3 Å². The minimum atomic E-state index is -0.898. The van der Waals surface area contributed by atoms with E-state index in [1.165, 1.54) is 11.3 Å². The van der Waals surface area contributed by atoms with E-state index < -0.39 is 11.9 Å². The molecule has 0 spiro atoms. The van der Waals surface area contributed by atoms with Gasteiger partial charge in [-0.05, 0) is 24.5 Å². The first kappa shape index (κ1) is 15.7. The second-order valence-electron chi connectivity index (χ2n) is 5.65. The average Bonchev–Trinajstić information content (AvgIpc) is 2.94. The van der Waals surface area contributed by atoms with E-state index in [2.05, 4.69) is 4.98 Å². The minimum absolute atomic E-state index is 0.125. The molecule has 23 heavy (non-hydrogen) atoms. The van der Waals surface area contributed by atoms with E-state index >= 15 is 0 Å². The number of aliphatic carboxylic acids is 1. The molecular weight excluding hydrogens is 312 g/mol. The summed E-state index contributed by atoms with van der Waals surface area (Å²) < 4.78 is 0. The summed E-state index contributed by atoms with van der Waals surface area (Å²) >= 11 is 1.40. The van der Waals surface area contributed by atoms with Crippen LogP contribution >= 0.6 is 11.3 Å². The third-order valence-electron chi connectivity index (χ3n) is 4.12. The number of carboxylic acids is 1. The highest BCUT2D eigenvalue weighted by Crippen LogP contribution is 2.30. The SMILES string of the molecule is CCc1nc(C)c(C(=O)N2Cc3ccccc3C(C(=O)O)C2)s1. The number of hydrogen-bond acceptors (Lipinski definition) is 4. The standard InChI is InChI=1S/C17H18N2O3S/c1-3-14-18-10(2)15(23-14)16(20)19-8-11-6-4-5-7-12(11)13(9-19)17(21)22/h4-7,13H,3,8-9H2,1-2H3,(H,21,22). The van der Waals surface area contributed by atoms with Crippen LogP contribution < -0.4 is 0 Å². The fourth-order valence-corrected chi connectivity index (χ4v) is 3.89. The Morgan fingerprint density at radius 3 is 2.78 bits per heavy atom. The monoisotopic (exact) mass is 330 g/mol. The number of carbonyl (C=O) groups excluding carboxylic acids is 1. The number of fused-ring (bicyclic) bond motifs is 1. The van der Waals surface area contributed by atoms with Gasteiger partial charge in [-0.15, -0.1) is 11.3 Å². The molecule has 1 atom stereocenters. The molecule has 1 aliphatic rings. The summed E-state index contributed by atoms with van der Waals surface area (Å²) in [6, 6.07) is 7.44. The maximum atomic E-state index is 12.8. The van der Waals surface area contributed by atoms with Gasteiger partial charge in [-0.25, -0.2) is 4.98 Å². The van der Waals surface area contributed by atoms with Gasteiger partial charge in [0.2, 0.25) is 0 Å². The van der Waals surface area contributed by atoms with Crippen molar-refractivity contribution in [2.75, 3.05) is 6.54 Å². The number of nitrogens with zero attached hydrogens (tertiary/aromatic N) is 2. The molecule has 0 saturated carbocycles. The summed E-state index contributed by atoms with van der Waals surface area (Å²) in [4.78, 5) is 31.1. The van der Waals surface area contributed by atoms with Crippen LogP contribution in [0.25, 0.3) is 0 Å². The molecule has 0 saturated heterocycles. The molecule has 1 aromatic carbocycles. The molecule has 1 amide bonds. The molecule has 1 aromatic heterocycles. The van der Waals surface area contributed by atoms with Crippen LogP contribution in [0, 0.1) is 6.92 Å². The summed E-state index contributed by atoms with van der Waals surface area (Å²) in [6.45, 7) is 4.47. The predicted molar refractivity (Wildman–Crippen MR) is 87.8 cm³/mol. The van der Waals surface area contributed by atoms with Crippen LogP contribution in [0.1, 0.15) is 44.3 Å². The number of carbonyl (C=O) groups is 2. The average molecular weight is 330 g/mol. The van der Waals surface area contributed by atoms with Gasteiger partial charge in [0.1, 0.15) is 4.88 Å². The number of hydrogen-bond donors (Lipinski definition) is 1. The normalized spacial score (nSPS) is 17.0. The summed E-state index contributed by atoms with van der Waals surface area (Å²) in [6.07, 6.45) is 0.791. The largest absolute Gasteiger partial charge is 0.481 e. The van der Waals surface area contributed by atoms with Crippen LogP contribution in [0.2, 0.25) is 0 Å². The van der Waals surface area contributed by atoms with E-state index in [1.807, 2.05) is 38.1 Å². The molecule has 2 aromatic rings. The van der Waals surface area contributed by atoms with Crippen LogP contribution in [-0.4, -0.2) is 33.4 Å².